The van der Waals surface area contributed by atoms with E-state index in [0.29, 0.717) is 0 Å². The summed E-state index contributed by atoms with van der Waals surface area (Å²) in [7, 11) is -2.03. The molecule has 2 N–H and O–H groups in total. The first-order chi connectivity index (χ1) is 11.7. The Morgan fingerprint density at radius 1 is 1.32 bits per heavy atom. The summed E-state index contributed by atoms with van der Waals surface area (Å²) in [6.07, 6.45) is -3.31. The minimum atomic E-state index is -4.71. The van der Waals surface area contributed by atoms with E-state index in [-0.39, 0.29) is 31.4 Å². The van der Waals surface area contributed by atoms with Crippen molar-refractivity contribution < 1.29 is 37.4 Å². The molecule has 0 bridgehead atoms. The van der Waals surface area contributed by atoms with Crippen LogP contribution >= 0.6 is 0 Å². The molecule has 0 radical (unpaired) electrons. The summed E-state index contributed by atoms with van der Waals surface area (Å²) in [4.78, 5) is 21.2. The first-order valence-electron chi connectivity index (χ1n) is 7.53. The summed E-state index contributed by atoms with van der Waals surface area (Å²) in [5.74, 6) is -1.12. The molecule has 138 valence electrons. The summed E-state index contributed by atoms with van der Waals surface area (Å²) >= 11 is 0. The van der Waals surface area contributed by atoms with Gasteiger partial charge in [0.05, 0.1) is 19.0 Å². The van der Waals surface area contributed by atoms with E-state index in [4.69, 9.17) is 10.0 Å². The first-order valence-corrected chi connectivity index (χ1v) is 7.53. The van der Waals surface area contributed by atoms with E-state index < -0.39 is 37.7 Å². The van der Waals surface area contributed by atoms with Crippen LogP contribution in [0.5, 0.6) is 5.75 Å². The largest absolute Gasteiger partial charge is 0.707 e. The van der Waals surface area contributed by atoms with Gasteiger partial charge in [-0.1, -0.05) is 0 Å². The van der Waals surface area contributed by atoms with Gasteiger partial charge >= 0.3 is 19.5 Å². The van der Waals surface area contributed by atoms with Crippen LogP contribution in [0.3, 0.4) is 0 Å². The fourth-order valence-corrected chi connectivity index (χ4v) is 2.62. The van der Waals surface area contributed by atoms with Crippen molar-refractivity contribution in [3.05, 3.63) is 12.4 Å². The lowest BCUT2D eigenvalue weighted by atomic mass is 9.77. The number of esters is 1. The molecule has 8 nitrogen and oxygen atoms in total. The van der Waals surface area contributed by atoms with E-state index in [0.717, 1.165) is 0 Å². The molecular formula is C13H17BF3N3O5. The van der Waals surface area contributed by atoms with Gasteiger partial charge in [0.25, 0.3) is 0 Å². The normalized spacial score (nSPS) is 17.1. The third-order valence-corrected chi connectivity index (χ3v) is 3.96. The quantitative estimate of drug-likeness (QED) is 0.577. The topological polar surface area (TPSA) is 105 Å². The standard InChI is InChI=1S/C13H17BF3N3O5/c1-2-24-10(21)12(13(15,16)17)3-5-20(6-4-12)11-18-7-9(8-19-11)25-14(22)23/h7-8,22-23H,2-6H2,1H3. The molecule has 2 heterocycles. The molecule has 1 saturated heterocycles. The fraction of sp³-hybridized carbons (Fsp3) is 0.615. The van der Waals surface area contributed by atoms with E-state index in [2.05, 4.69) is 19.4 Å². The third kappa shape index (κ3) is 4.13. The van der Waals surface area contributed by atoms with Crippen molar-refractivity contribution in [1.82, 2.24) is 9.97 Å². The molecule has 0 saturated carbocycles. The van der Waals surface area contributed by atoms with Crippen molar-refractivity contribution in [1.29, 1.82) is 0 Å². The highest BCUT2D eigenvalue weighted by atomic mass is 19.4. The van der Waals surface area contributed by atoms with Crippen molar-refractivity contribution in [2.75, 3.05) is 24.6 Å². The van der Waals surface area contributed by atoms with Crippen LogP contribution in [0.15, 0.2) is 12.4 Å². The Morgan fingerprint density at radius 2 is 1.88 bits per heavy atom. The number of anilines is 1. The van der Waals surface area contributed by atoms with Crippen LogP contribution in [0.2, 0.25) is 0 Å². The molecule has 0 spiro atoms. The number of halogens is 3. The molecular weight excluding hydrogens is 346 g/mol. The van der Waals surface area contributed by atoms with E-state index in [1.807, 2.05) is 0 Å². The molecule has 0 aromatic carbocycles. The number of hydrogen-bond acceptors (Lipinski definition) is 8. The van der Waals surface area contributed by atoms with Gasteiger partial charge in [0.1, 0.15) is 5.75 Å². The molecule has 0 unspecified atom stereocenters. The summed E-state index contributed by atoms with van der Waals surface area (Å²) < 4.78 is 49.6. The van der Waals surface area contributed by atoms with Gasteiger partial charge in [-0.05, 0) is 19.8 Å². The van der Waals surface area contributed by atoms with Crippen LogP contribution in [0, 0.1) is 5.41 Å². The summed E-state index contributed by atoms with van der Waals surface area (Å²) in [5, 5.41) is 17.3. The van der Waals surface area contributed by atoms with Gasteiger partial charge in [-0.3, -0.25) is 4.79 Å². The maximum Gasteiger partial charge on any atom is 0.707 e. The van der Waals surface area contributed by atoms with Crippen LogP contribution in [-0.4, -0.2) is 59.2 Å². The highest BCUT2D eigenvalue weighted by molar-refractivity contribution is 6.33. The number of alkyl halides is 3. The molecule has 0 aliphatic carbocycles. The summed E-state index contributed by atoms with van der Waals surface area (Å²) in [6, 6.07) is 0. The Morgan fingerprint density at radius 3 is 2.32 bits per heavy atom. The molecule has 1 fully saturated rings. The van der Waals surface area contributed by atoms with Crippen LogP contribution in [0.1, 0.15) is 19.8 Å². The number of hydrogen-bond donors (Lipinski definition) is 2. The number of piperidine rings is 1. The van der Waals surface area contributed by atoms with Gasteiger partial charge in [-0.15, -0.1) is 0 Å². The maximum absolute atomic E-state index is 13.5. The van der Waals surface area contributed by atoms with E-state index in [1.54, 1.807) is 0 Å². The Kier molecular flexibility index (Phi) is 5.73. The Hall–Kier alpha value is -2.08. The molecule has 1 aliphatic heterocycles. The minimum absolute atomic E-state index is 0.00748. The first kappa shape index (κ1) is 19.3. The van der Waals surface area contributed by atoms with Crippen molar-refractivity contribution in [3.63, 3.8) is 0 Å². The van der Waals surface area contributed by atoms with E-state index in [9.17, 15) is 18.0 Å². The number of ether oxygens (including phenoxy) is 1. The van der Waals surface area contributed by atoms with Crippen LogP contribution in [0.25, 0.3) is 0 Å². The van der Waals surface area contributed by atoms with Crippen LogP contribution < -0.4 is 9.55 Å². The number of aromatic nitrogens is 2. The van der Waals surface area contributed by atoms with Crippen molar-refractivity contribution in [2.45, 2.75) is 25.9 Å². The van der Waals surface area contributed by atoms with Gasteiger partial charge < -0.3 is 24.3 Å². The second kappa shape index (κ2) is 7.44. The second-order valence-electron chi connectivity index (χ2n) is 5.45. The average Bonchev–Trinajstić information content (AvgIpc) is 2.54. The second-order valence-corrected chi connectivity index (χ2v) is 5.45. The number of nitrogens with zero attached hydrogens (tertiary/aromatic N) is 3. The number of carbonyl (C=O) groups is 1. The van der Waals surface area contributed by atoms with Gasteiger partial charge in [-0.25, -0.2) is 9.97 Å². The van der Waals surface area contributed by atoms with Crippen LogP contribution in [0.4, 0.5) is 19.1 Å². The van der Waals surface area contributed by atoms with E-state index >= 15 is 0 Å². The molecule has 1 aromatic heterocycles. The molecule has 0 atom stereocenters. The molecule has 12 heteroatoms. The zero-order valence-corrected chi connectivity index (χ0v) is 13.4. The molecule has 1 aromatic rings. The third-order valence-electron chi connectivity index (χ3n) is 3.96. The zero-order valence-electron chi connectivity index (χ0n) is 13.4. The van der Waals surface area contributed by atoms with Gasteiger partial charge in [-0.2, -0.15) is 13.2 Å². The highest BCUT2D eigenvalue weighted by Crippen LogP contribution is 2.47. The molecule has 1 aliphatic rings. The smallest absolute Gasteiger partial charge is 0.509 e. The monoisotopic (exact) mass is 363 g/mol. The number of carbonyl (C=O) groups excluding carboxylic acids is 1. The predicted octanol–water partition coefficient (Wildman–Crippen LogP) is 0.537. The predicted molar refractivity (Wildman–Crippen MR) is 79.4 cm³/mol. The lowest BCUT2D eigenvalue weighted by molar-refractivity contribution is -0.239. The van der Waals surface area contributed by atoms with E-state index in [1.165, 1.54) is 24.2 Å². The summed E-state index contributed by atoms with van der Waals surface area (Å²) in [5.41, 5.74) is -2.52. The van der Waals surface area contributed by atoms with Crippen molar-refractivity contribution in [3.8, 4) is 5.75 Å². The SMILES string of the molecule is CCOC(=O)C1(C(F)(F)F)CCN(c2ncc(OB(O)O)cn2)CC1. The molecule has 2 rings (SSSR count). The van der Waals surface area contributed by atoms with Crippen LogP contribution in [-0.2, 0) is 9.53 Å². The molecule has 0 amide bonds. The number of rotatable bonds is 5. The molecule has 25 heavy (non-hydrogen) atoms. The average molecular weight is 363 g/mol. The minimum Gasteiger partial charge on any atom is -0.509 e. The maximum atomic E-state index is 13.5. The summed E-state index contributed by atoms with van der Waals surface area (Å²) in [6.45, 7) is 1.17. The Bertz CT molecular complexity index is 592. The zero-order chi connectivity index (χ0) is 18.7. The highest BCUT2D eigenvalue weighted by Gasteiger charge is 2.62. The Balaban J connectivity index is 2.09. The van der Waals surface area contributed by atoms with Gasteiger partial charge in [0, 0.05) is 13.1 Å². The Labute approximate surface area is 141 Å². The lowest BCUT2D eigenvalue weighted by Crippen LogP contribution is -2.53. The fourth-order valence-electron chi connectivity index (χ4n) is 2.62. The van der Waals surface area contributed by atoms with Crippen molar-refractivity contribution in [2.24, 2.45) is 5.41 Å². The van der Waals surface area contributed by atoms with Crippen molar-refractivity contribution >= 4 is 19.2 Å². The van der Waals surface area contributed by atoms with Gasteiger partial charge in [0.2, 0.25) is 5.95 Å². The van der Waals surface area contributed by atoms with Gasteiger partial charge in [0.15, 0.2) is 5.41 Å². The lowest BCUT2D eigenvalue weighted by Gasteiger charge is -2.40.